The number of carbonyl (C=O) groups excluding carboxylic acids is 1. The molecule has 84 valence electrons. The fourth-order valence-corrected chi connectivity index (χ4v) is 2.01. The third kappa shape index (κ3) is 3.35. The number of rotatable bonds is 3. The molecule has 0 bridgehead atoms. The predicted molar refractivity (Wildman–Crippen MR) is 66.1 cm³/mol. The van der Waals surface area contributed by atoms with E-state index in [4.69, 9.17) is 5.26 Å². The van der Waals surface area contributed by atoms with Crippen molar-refractivity contribution in [2.75, 3.05) is 13.6 Å². The van der Waals surface area contributed by atoms with Crippen LogP contribution in [0.15, 0.2) is 22.7 Å². The van der Waals surface area contributed by atoms with Crippen LogP contribution < -0.4 is 0 Å². The standard InChI is InChI=1S/C12H13BrN2O/c1-9-6-10(8-11(13)7-9)12(16)15(2)5-3-4-14/h6-8H,3,5H2,1-2H3. The average molecular weight is 281 g/mol. The Bertz CT molecular complexity index is 417. The molecule has 3 nitrogen and oxygen atoms in total. The van der Waals surface area contributed by atoms with Crippen LogP contribution in [0.4, 0.5) is 0 Å². The van der Waals surface area contributed by atoms with Gasteiger partial charge in [0.25, 0.3) is 5.91 Å². The maximum absolute atomic E-state index is 12.0. The highest BCUT2D eigenvalue weighted by molar-refractivity contribution is 9.10. The first-order valence-electron chi connectivity index (χ1n) is 4.94. The second kappa shape index (κ2) is 5.66. The first-order valence-corrected chi connectivity index (χ1v) is 5.73. The van der Waals surface area contributed by atoms with Gasteiger partial charge in [-0.25, -0.2) is 0 Å². The maximum atomic E-state index is 12.0. The molecule has 0 saturated heterocycles. The Morgan fingerprint density at radius 2 is 2.19 bits per heavy atom. The minimum absolute atomic E-state index is 0.0559. The lowest BCUT2D eigenvalue weighted by atomic mass is 10.1. The molecule has 0 aliphatic carbocycles. The van der Waals surface area contributed by atoms with Crippen molar-refractivity contribution >= 4 is 21.8 Å². The highest BCUT2D eigenvalue weighted by atomic mass is 79.9. The van der Waals surface area contributed by atoms with E-state index in [-0.39, 0.29) is 5.91 Å². The van der Waals surface area contributed by atoms with Crippen LogP contribution in [0.2, 0.25) is 0 Å². The van der Waals surface area contributed by atoms with Gasteiger partial charge in [0.05, 0.1) is 12.5 Å². The molecule has 0 atom stereocenters. The smallest absolute Gasteiger partial charge is 0.253 e. The van der Waals surface area contributed by atoms with E-state index in [0.29, 0.717) is 18.5 Å². The first kappa shape index (κ1) is 12.7. The van der Waals surface area contributed by atoms with E-state index in [1.54, 1.807) is 18.0 Å². The summed E-state index contributed by atoms with van der Waals surface area (Å²) < 4.78 is 0.893. The van der Waals surface area contributed by atoms with E-state index < -0.39 is 0 Å². The summed E-state index contributed by atoms with van der Waals surface area (Å²) in [4.78, 5) is 13.5. The van der Waals surface area contributed by atoms with E-state index in [1.165, 1.54) is 0 Å². The fraction of sp³-hybridized carbons (Fsp3) is 0.333. The summed E-state index contributed by atoms with van der Waals surface area (Å²) in [6.45, 7) is 2.40. The zero-order chi connectivity index (χ0) is 12.1. The van der Waals surface area contributed by atoms with Crippen LogP contribution in [0.1, 0.15) is 22.3 Å². The molecule has 0 saturated carbocycles. The minimum Gasteiger partial charge on any atom is -0.341 e. The van der Waals surface area contributed by atoms with E-state index in [1.807, 2.05) is 25.1 Å². The van der Waals surface area contributed by atoms with Crippen LogP contribution >= 0.6 is 15.9 Å². The molecule has 0 aliphatic rings. The third-order valence-corrected chi connectivity index (χ3v) is 2.65. The van der Waals surface area contributed by atoms with Gasteiger partial charge < -0.3 is 4.90 Å². The van der Waals surface area contributed by atoms with Crippen LogP contribution in [0.5, 0.6) is 0 Å². The van der Waals surface area contributed by atoms with Crippen LogP contribution in [0, 0.1) is 18.3 Å². The van der Waals surface area contributed by atoms with Gasteiger partial charge in [-0.3, -0.25) is 4.79 Å². The topological polar surface area (TPSA) is 44.1 Å². The summed E-state index contributed by atoms with van der Waals surface area (Å²) in [5.41, 5.74) is 1.68. The van der Waals surface area contributed by atoms with Crippen LogP contribution in [0.3, 0.4) is 0 Å². The van der Waals surface area contributed by atoms with Gasteiger partial charge in [-0.1, -0.05) is 15.9 Å². The van der Waals surface area contributed by atoms with E-state index in [0.717, 1.165) is 10.0 Å². The van der Waals surface area contributed by atoms with Gasteiger partial charge in [0.1, 0.15) is 0 Å². The number of benzene rings is 1. The molecule has 0 unspecified atom stereocenters. The quantitative estimate of drug-likeness (QED) is 0.855. The molecule has 4 heteroatoms. The van der Waals surface area contributed by atoms with Gasteiger partial charge in [0, 0.05) is 23.6 Å². The van der Waals surface area contributed by atoms with Gasteiger partial charge in [0.15, 0.2) is 0 Å². The number of carbonyl (C=O) groups is 1. The molecular formula is C12H13BrN2O. The number of aryl methyl sites for hydroxylation is 1. The zero-order valence-corrected chi connectivity index (χ0v) is 10.9. The van der Waals surface area contributed by atoms with Gasteiger partial charge in [-0.2, -0.15) is 5.26 Å². The largest absolute Gasteiger partial charge is 0.341 e. The number of hydrogen-bond donors (Lipinski definition) is 0. The average Bonchev–Trinajstić information content (AvgIpc) is 2.23. The normalized spacial score (nSPS) is 9.62. The summed E-state index contributed by atoms with van der Waals surface area (Å²) >= 11 is 3.36. The van der Waals surface area contributed by atoms with Crippen molar-refractivity contribution in [3.8, 4) is 6.07 Å². The van der Waals surface area contributed by atoms with Crippen LogP contribution in [-0.2, 0) is 0 Å². The number of amides is 1. The van der Waals surface area contributed by atoms with E-state index in [9.17, 15) is 4.79 Å². The SMILES string of the molecule is Cc1cc(Br)cc(C(=O)N(C)CCC#N)c1. The van der Waals surface area contributed by atoms with E-state index >= 15 is 0 Å². The number of nitrogens with zero attached hydrogens (tertiary/aromatic N) is 2. The highest BCUT2D eigenvalue weighted by Crippen LogP contribution is 2.16. The Labute approximate surface area is 104 Å². The fourth-order valence-electron chi connectivity index (χ4n) is 1.40. The molecule has 0 radical (unpaired) electrons. The first-order chi connectivity index (χ1) is 7.54. The number of nitriles is 1. The monoisotopic (exact) mass is 280 g/mol. The lowest BCUT2D eigenvalue weighted by Crippen LogP contribution is -2.27. The molecular weight excluding hydrogens is 268 g/mol. The van der Waals surface area contributed by atoms with Crippen LogP contribution in [-0.4, -0.2) is 24.4 Å². The second-order valence-electron chi connectivity index (χ2n) is 3.65. The Morgan fingerprint density at radius 3 is 2.75 bits per heavy atom. The van der Waals surface area contributed by atoms with Crippen molar-refractivity contribution < 1.29 is 4.79 Å². The van der Waals surface area contributed by atoms with Crippen molar-refractivity contribution in [2.45, 2.75) is 13.3 Å². The summed E-state index contributed by atoms with van der Waals surface area (Å²) in [5, 5.41) is 8.46. The van der Waals surface area contributed by atoms with Gasteiger partial charge >= 0.3 is 0 Å². The summed E-state index contributed by atoms with van der Waals surface area (Å²) in [6, 6.07) is 7.61. The Hall–Kier alpha value is -1.34. The van der Waals surface area contributed by atoms with Gasteiger partial charge in [0.2, 0.25) is 0 Å². The Morgan fingerprint density at radius 1 is 1.50 bits per heavy atom. The second-order valence-corrected chi connectivity index (χ2v) is 4.57. The Kier molecular flexibility index (Phi) is 4.51. The summed E-state index contributed by atoms with van der Waals surface area (Å²) in [7, 11) is 1.70. The molecule has 1 rings (SSSR count). The van der Waals surface area contributed by atoms with Crippen molar-refractivity contribution in [3.63, 3.8) is 0 Å². The van der Waals surface area contributed by atoms with Crippen molar-refractivity contribution in [1.29, 1.82) is 5.26 Å². The molecule has 1 aromatic rings. The molecule has 1 aromatic carbocycles. The molecule has 16 heavy (non-hydrogen) atoms. The molecule has 0 aliphatic heterocycles. The molecule has 0 N–H and O–H groups in total. The Balaban J connectivity index is 2.84. The third-order valence-electron chi connectivity index (χ3n) is 2.19. The van der Waals surface area contributed by atoms with Gasteiger partial charge in [-0.15, -0.1) is 0 Å². The highest BCUT2D eigenvalue weighted by Gasteiger charge is 2.11. The summed E-state index contributed by atoms with van der Waals surface area (Å²) in [5.74, 6) is -0.0559. The van der Waals surface area contributed by atoms with E-state index in [2.05, 4.69) is 15.9 Å². The molecule has 0 spiro atoms. The molecule has 0 heterocycles. The lowest BCUT2D eigenvalue weighted by molar-refractivity contribution is 0.0798. The van der Waals surface area contributed by atoms with Crippen LogP contribution in [0.25, 0.3) is 0 Å². The number of hydrogen-bond acceptors (Lipinski definition) is 2. The van der Waals surface area contributed by atoms with Crippen molar-refractivity contribution in [2.24, 2.45) is 0 Å². The van der Waals surface area contributed by atoms with Crippen molar-refractivity contribution in [1.82, 2.24) is 4.90 Å². The van der Waals surface area contributed by atoms with Gasteiger partial charge in [-0.05, 0) is 30.7 Å². The zero-order valence-electron chi connectivity index (χ0n) is 9.33. The van der Waals surface area contributed by atoms with Crippen molar-refractivity contribution in [3.05, 3.63) is 33.8 Å². The predicted octanol–water partition coefficient (Wildman–Crippen LogP) is 2.74. The molecule has 0 aromatic heterocycles. The maximum Gasteiger partial charge on any atom is 0.253 e. The molecule has 1 amide bonds. The molecule has 0 fully saturated rings. The number of halogens is 1. The lowest BCUT2D eigenvalue weighted by Gasteiger charge is -2.15. The minimum atomic E-state index is -0.0559. The summed E-state index contributed by atoms with van der Waals surface area (Å²) in [6.07, 6.45) is 0.356.